The van der Waals surface area contributed by atoms with Crippen LogP contribution in [0.4, 0.5) is 0 Å². The highest BCUT2D eigenvalue weighted by Crippen LogP contribution is 2.25. The van der Waals surface area contributed by atoms with Crippen LogP contribution >= 0.6 is 0 Å². The second-order valence-electron chi connectivity index (χ2n) is 5.71. The number of hydrogen-bond acceptors (Lipinski definition) is 4. The molecule has 0 fully saturated rings. The second kappa shape index (κ2) is 8.13. The lowest BCUT2D eigenvalue weighted by Crippen LogP contribution is -2.30. The number of nitrogens with one attached hydrogen (secondary N) is 1. The number of benzene rings is 2. The molecule has 0 aliphatic rings. The molecule has 2 aromatic carbocycles. The van der Waals surface area contributed by atoms with Gasteiger partial charge in [-0.25, -0.2) is 13.1 Å². The molecule has 2 N–H and O–H groups in total. The lowest BCUT2D eigenvalue weighted by atomic mass is 9.96. The van der Waals surface area contributed by atoms with E-state index in [0.717, 1.165) is 11.1 Å². The lowest BCUT2D eigenvalue weighted by molar-refractivity contribution is -0.137. The first-order chi connectivity index (χ1) is 11.8. The standard InChI is InChI=1S/C18H21NO5S/c1-13-8-9-16(24-2)17(10-13)25(22,23)19-12-15(11-18(20)21)14-6-4-3-5-7-14/h3-10,15,19H,11-12H2,1-2H3,(H,20,21). The van der Waals surface area contributed by atoms with Crippen LogP contribution in [0.3, 0.4) is 0 Å². The van der Waals surface area contributed by atoms with Crippen LogP contribution in [0.2, 0.25) is 0 Å². The van der Waals surface area contributed by atoms with Gasteiger partial charge in [-0.05, 0) is 30.2 Å². The van der Waals surface area contributed by atoms with Crippen molar-refractivity contribution in [2.45, 2.75) is 24.2 Å². The molecule has 6 nitrogen and oxygen atoms in total. The predicted molar refractivity (Wildman–Crippen MR) is 94.4 cm³/mol. The zero-order chi connectivity index (χ0) is 18.4. The predicted octanol–water partition coefficient (Wildman–Crippen LogP) is 2.54. The topological polar surface area (TPSA) is 92.7 Å². The van der Waals surface area contributed by atoms with E-state index in [1.807, 2.05) is 6.07 Å². The van der Waals surface area contributed by atoms with Gasteiger partial charge in [0.15, 0.2) is 0 Å². The van der Waals surface area contributed by atoms with Gasteiger partial charge in [0.2, 0.25) is 10.0 Å². The van der Waals surface area contributed by atoms with E-state index in [0.29, 0.717) is 0 Å². The monoisotopic (exact) mass is 363 g/mol. The molecule has 0 bridgehead atoms. The minimum atomic E-state index is -3.83. The van der Waals surface area contributed by atoms with Crippen molar-refractivity contribution >= 4 is 16.0 Å². The molecule has 2 rings (SSSR count). The molecule has 1 unspecified atom stereocenters. The maximum Gasteiger partial charge on any atom is 0.304 e. The number of aliphatic carboxylic acids is 1. The van der Waals surface area contributed by atoms with E-state index in [2.05, 4.69) is 4.72 Å². The van der Waals surface area contributed by atoms with Crippen LogP contribution in [0.15, 0.2) is 53.4 Å². The van der Waals surface area contributed by atoms with E-state index in [1.54, 1.807) is 43.3 Å². The molecule has 1 atom stereocenters. The fraction of sp³-hybridized carbons (Fsp3) is 0.278. The van der Waals surface area contributed by atoms with Crippen molar-refractivity contribution in [3.05, 3.63) is 59.7 Å². The van der Waals surface area contributed by atoms with Crippen LogP contribution in [0.1, 0.15) is 23.5 Å². The SMILES string of the molecule is COc1ccc(C)cc1S(=O)(=O)NCC(CC(=O)O)c1ccccc1. The summed E-state index contributed by atoms with van der Waals surface area (Å²) in [4.78, 5) is 11.2. The molecule has 0 radical (unpaired) electrons. The van der Waals surface area contributed by atoms with E-state index in [-0.39, 0.29) is 23.6 Å². The van der Waals surface area contributed by atoms with E-state index in [1.165, 1.54) is 13.2 Å². The van der Waals surface area contributed by atoms with Crippen molar-refractivity contribution in [1.82, 2.24) is 4.72 Å². The van der Waals surface area contributed by atoms with Crippen molar-refractivity contribution in [3.63, 3.8) is 0 Å². The Morgan fingerprint density at radius 1 is 1.20 bits per heavy atom. The zero-order valence-corrected chi connectivity index (χ0v) is 14.9. The maximum absolute atomic E-state index is 12.6. The average molecular weight is 363 g/mol. The second-order valence-corrected chi connectivity index (χ2v) is 7.45. The number of carbonyl (C=O) groups is 1. The summed E-state index contributed by atoms with van der Waals surface area (Å²) in [5.74, 6) is -1.21. The van der Waals surface area contributed by atoms with Crippen molar-refractivity contribution in [3.8, 4) is 5.75 Å². The third kappa shape index (κ3) is 5.04. The van der Waals surface area contributed by atoms with Gasteiger partial charge in [-0.3, -0.25) is 4.79 Å². The van der Waals surface area contributed by atoms with Crippen molar-refractivity contribution in [2.24, 2.45) is 0 Å². The minimum Gasteiger partial charge on any atom is -0.495 e. The normalized spacial score (nSPS) is 12.6. The number of aryl methyl sites for hydroxylation is 1. The van der Waals surface area contributed by atoms with Gasteiger partial charge in [0.05, 0.1) is 13.5 Å². The van der Waals surface area contributed by atoms with E-state index >= 15 is 0 Å². The lowest BCUT2D eigenvalue weighted by Gasteiger charge is -2.17. The molecule has 0 aliphatic heterocycles. The van der Waals surface area contributed by atoms with Gasteiger partial charge < -0.3 is 9.84 Å². The number of sulfonamides is 1. The van der Waals surface area contributed by atoms with Crippen LogP contribution in [0.5, 0.6) is 5.75 Å². The average Bonchev–Trinajstić information content (AvgIpc) is 2.59. The highest BCUT2D eigenvalue weighted by molar-refractivity contribution is 7.89. The quantitative estimate of drug-likeness (QED) is 0.752. The molecule has 0 spiro atoms. The minimum absolute atomic E-state index is 0.0181. The Labute approximate surface area is 147 Å². The fourth-order valence-electron chi connectivity index (χ4n) is 2.53. The molecule has 0 amide bonds. The maximum atomic E-state index is 12.6. The molecule has 0 aliphatic carbocycles. The molecule has 134 valence electrons. The summed E-state index contributed by atoms with van der Waals surface area (Å²) in [7, 11) is -2.43. The summed E-state index contributed by atoms with van der Waals surface area (Å²) in [5, 5.41) is 9.11. The van der Waals surface area contributed by atoms with E-state index in [9.17, 15) is 13.2 Å². The fourth-order valence-corrected chi connectivity index (χ4v) is 3.86. The molecule has 0 saturated carbocycles. The molecule has 0 aromatic heterocycles. The Bertz CT molecular complexity index is 834. The number of methoxy groups -OCH3 is 1. The van der Waals surface area contributed by atoms with Crippen LogP contribution in [-0.4, -0.2) is 33.1 Å². The molecule has 0 saturated heterocycles. The molecule has 0 heterocycles. The smallest absolute Gasteiger partial charge is 0.304 e. The van der Waals surface area contributed by atoms with Gasteiger partial charge in [0.25, 0.3) is 0 Å². The first-order valence-corrected chi connectivity index (χ1v) is 9.23. The molecule has 25 heavy (non-hydrogen) atoms. The summed E-state index contributed by atoms with van der Waals surface area (Å²) in [6.45, 7) is 1.77. The van der Waals surface area contributed by atoms with Crippen LogP contribution < -0.4 is 9.46 Å². The summed E-state index contributed by atoms with van der Waals surface area (Å²) in [6.07, 6.45) is -0.169. The molecular formula is C18H21NO5S. The largest absolute Gasteiger partial charge is 0.495 e. The summed E-state index contributed by atoms with van der Waals surface area (Å²) in [6, 6.07) is 13.9. The first kappa shape index (κ1) is 19.0. The summed E-state index contributed by atoms with van der Waals surface area (Å²) in [5.41, 5.74) is 1.55. The summed E-state index contributed by atoms with van der Waals surface area (Å²) < 4.78 is 32.9. The van der Waals surface area contributed by atoms with Gasteiger partial charge >= 0.3 is 5.97 Å². The highest BCUT2D eigenvalue weighted by Gasteiger charge is 2.23. The highest BCUT2D eigenvalue weighted by atomic mass is 32.2. The zero-order valence-electron chi connectivity index (χ0n) is 14.1. The van der Waals surface area contributed by atoms with Gasteiger partial charge in [-0.1, -0.05) is 36.4 Å². The van der Waals surface area contributed by atoms with Crippen molar-refractivity contribution < 1.29 is 23.1 Å². The van der Waals surface area contributed by atoms with Crippen molar-refractivity contribution in [1.29, 1.82) is 0 Å². The first-order valence-electron chi connectivity index (χ1n) is 7.74. The number of hydrogen-bond donors (Lipinski definition) is 2. The number of carboxylic acids is 1. The van der Waals surface area contributed by atoms with E-state index < -0.39 is 21.9 Å². The van der Waals surface area contributed by atoms with Crippen LogP contribution in [0.25, 0.3) is 0 Å². The van der Waals surface area contributed by atoms with Gasteiger partial charge in [-0.2, -0.15) is 0 Å². The Morgan fingerprint density at radius 3 is 2.48 bits per heavy atom. The van der Waals surface area contributed by atoms with Crippen LogP contribution in [-0.2, 0) is 14.8 Å². The Balaban J connectivity index is 2.24. The third-order valence-corrected chi connectivity index (χ3v) is 5.27. The van der Waals surface area contributed by atoms with Crippen LogP contribution in [0, 0.1) is 6.92 Å². The van der Waals surface area contributed by atoms with Gasteiger partial charge in [-0.15, -0.1) is 0 Å². The molecular weight excluding hydrogens is 342 g/mol. The van der Waals surface area contributed by atoms with Gasteiger partial charge in [0, 0.05) is 12.5 Å². The number of ether oxygens (including phenoxy) is 1. The molecule has 7 heteroatoms. The summed E-state index contributed by atoms with van der Waals surface area (Å²) >= 11 is 0. The Kier molecular flexibility index (Phi) is 6.17. The van der Waals surface area contributed by atoms with Gasteiger partial charge in [0.1, 0.15) is 10.6 Å². The number of rotatable bonds is 8. The van der Waals surface area contributed by atoms with Crippen molar-refractivity contribution in [2.75, 3.05) is 13.7 Å². The Morgan fingerprint density at radius 2 is 1.88 bits per heavy atom. The third-order valence-electron chi connectivity index (χ3n) is 3.82. The molecule has 2 aromatic rings. The number of carboxylic acid groups (broad SMARTS) is 1. The Hall–Kier alpha value is -2.38. The van der Waals surface area contributed by atoms with E-state index in [4.69, 9.17) is 9.84 Å².